The summed E-state index contributed by atoms with van der Waals surface area (Å²) in [6.07, 6.45) is 7.98. The summed E-state index contributed by atoms with van der Waals surface area (Å²) in [6.45, 7) is 0. The van der Waals surface area contributed by atoms with Gasteiger partial charge in [-0.1, -0.05) is 0 Å². The third kappa shape index (κ3) is 2.48. The van der Waals surface area contributed by atoms with Gasteiger partial charge in [0, 0.05) is 18.5 Å². The molecule has 0 radical (unpaired) electrons. The second-order valence-corrected chi connectivity index (χ2v) is 6.00. The first kappa shape index (κ1) is 11.9. The largest absolute Gasteiger partial charge is 0.497 e. The lowest BCUT2D eigenvalue weighted by Crippen LogP contribution is -2.13. The number of nitrogens with zero attached hydrogens (tertiary/aromatic N) is 2. The maximum absolute atomic E-state index is 5.22. The van der Waals surface area contributed by atoms with Crippen LogP contribution in [0.15, 0.2) is 24.5 Å². The van der Waals surface area contributed by atoms with E-state index in [2.05, 4.69) is 27.3 Å². The third-order valence-corrected chi connectivity index (χ3v) is 4.75. The van der Waals surface area contributed by atoms with Crippen LogP contribution in [0.2, 0.25) is 0 Å². The van der Waals surface area contributed by atoms with Crippen LogP contribution in [0.4, 0.5) is 0 Å². The molecule has 0 spiro atoms. The molecule has 1 atom stereocenters. The summed E-state index contributed by atoms with van der Waals surface area (Å²) in [4.78, 5) is 4.69. The van der Waals surface area contributed by atoms with Gasteiger partial charge in [-0.25, -0.2) is 4.98 Å². The molecule has 1 unspecified atom stereocenters. The lowest BCUT2D eigenvalue weighted by atomic mass is 10.00. The predicted octanol–water partition coefficient (Wildman–Crippen LogP) is 3.03. The molecule has 3 nitrogen and oxygen atoms in total. The van der Waals surface area contributed by atoms with Crippen LogP contribution in [-0.2, 0) is 6.42 Å². The van der Waals surface area contributed by atoms with E-state index >= 15 is 0 Å². The van der Waals surface area contributed by atoms with Crippen molar-refractivity contribution in [2.75, 3.05) is 18.6 Å². The third-order valence-electron chi connectivity index (χ3n) is 3.47. The Bertz CT molecular complexity index is 532. The van der Waals surface area contributed by atoms with Gasteiger partial charge in [0.2, 0.25) is 0 Å². The smallest absolute Gasteiger partial charge is 0.140 e. The molecule has 96 valence electrons. The van der Waals surface area contributed by atoms with Crippen molar-refractivity contribution in [1.82, 2.24) is 9.38 Å². The number of imidazole rings is 1. The molecule has 0 saturated carbocycles. The number of thioether (sulfide) groups is 1. The van der Waals surface area contributed by atoms with Gasteiger partial charge in [0.25, 0.3) is 0 Å². The van der Waals surface area contributed by atoms with Crippen molar-refractivity contribution in [3.8, 4) is 5.75 Å². The van der Waals surface area contributed by atoms with Gasteiger partial charge in [-0.2, -0.15) is 11.8 Å². The maximum Gasteiger partial charge on any atom is 0.140 e. The Balaban J connectivity index is 1.79. The molecular formula is C14H18N2OS. The lowest BCUT2D eigenvalue weighted by Gasteiger charge is -2.19. The molecule has 0 bridgehead atoms. The van der Waals surface area contributed by atoms with Gasteiger partial charge in [-0.05, 0) is 42.8 Å². The minimum absolute atomic E-state index is 0.801. The van der Waals surface area contributed by atoms with Crippen LogP contribution >= 0.6 is 11.8 Å². The van der Waals surface area contributed by atoms with Gasteiger partial charge < -0.3 is 9.14 Å². The van der Waals surface area contributed by atoms with Gasteiger partial charge in [-0.15, -0.1) is 0 Å². The van der Waals surface area contributed by atoms with Crippen LogP contribution in [0.1, 0.15) is 18.5 Å². The minimum Gasteiger partial charge on any atom is -0.497 e. The number of ether oxygens (including phenoxy) is 1. The molecule has 1 aliphatic heterocycles. The number of rotatable bonds is 3. The average Bonchev–Trinajstić information content (AvgIpc) is 2.80. The molecule has 1 fully saturated rings. The topological polar surface area (TPSA) is 26.5 Å². The number of fused-ring (bicyclic) bond motifs is 1. The normalized spacial score (nSPS) is 20.2. The monoisotopic (exact) mass is 262 g/mol. The van der Waals surface area contributed by atoms with Crippen molar-refractivity contribution in [2.45, 2.75) is 19.3 Å². The van der Waals surface area contributed by atoms with Gasteiger partial charge in [-0.3, -0.25) is 0 Å². The number of hydrogen-bond donors (Lipinski definition) is 0. The number of pyridine rings is 1. The SMILES string of the molecule is COc1ccn2cc(CC3CCCSC3)nc2c1. The second kappa shape index (κ2) is 5.22. The maximum atomic E-state index is 5.22. The predicted molar refractivity (Wildman–Crippen MR) is 75.5 cm³/mol. The number of hydrogen-bond acceptors (Lipinski definition) is 3. The Kier molecular flexibility index (Phi) is 3.46. The molecule has 0 amide bonds. The molecule has 2 aromatic heterocycles. The zero-order valence-corrected chi connectivity index (χ0v) is 11.4. The highest BCUT2D eigenvalue weighted by Gasteiger charge is 2.15. The Labute approximate surface area is 112 Å². The van der Waals surface area contributed by atoms with E-state index < -0.39 is 0 Å². The van der Waals surface area contributed by atoms with Crippen LogP contribution in [0.3, 0.4) is 0 Å². The van der Waals surface area contributed by atoms with Crippen molar-refractivity contribution in [3.63, 3.8) is 0 Å². The molecule has 3 heterocycles. The fraction of sp³-hybridized carbons (Fsp3) is 0.500. The van der Waals surface area contributed by atoms with E-state index in [4.69, 9.17) is 4.74 Å². The zero-order chi connectivity index (χ0) is 12.4. The highest BCUT2D eigenvalue weighted by Crippen LogP contribution is 2.25. The van der Waals surface area contributed by atoms with Crippen LogP contribution < -0.4 is 4.74 Å². The second-order valence-electron chi connectivity index (χ2n) is 4.85. The fourth-order valence-electron chi connectivity index (χ4n) is 2.51. The Morgan fingerprint density at radius 2 is 2.50 bits per heavy atom. The quantitative estimate of drug-likeness (QED) is 0.850. The lowest BCUT2D eigenvalue weighted by molar-refractivity contribution is 0.414. The molecule has 0 aromatic carbocycles. The fourth-order valence-corrected chi connectivity index (χ4v) is 3.66. The number of methoxy groups -OCH3 is 1. The molecule has 0 aliphatic carbocycles. The van der Waals surface area contributed by atoms with Crippen LogP contribution in [0.5, 0.6) is 5.75 Å². The minimum atomic E-state index is 0.801. The summed E-state index contributed by atoms with van der Waals surface area (Å²) >= 11 is 2.08. The van der Waals surface area contributed by atoms with E-state index in [0.29, 0.717) is 0 Å². The van der Waals surface area contributed by atoms with Crippen LogP contribution in [0.25, 0.3) is 5.65 Å². The molecule has 3 rings (SSSR count). The average molecular weight is 262 g/mol. The summed E-state index contributed by atoms with van der Waals surface area (Å²) in [5, 5.41) is 0. The Morgan fingerprint density at radius 1 is 1.56 bits per heavy atom. The van der Waals surface area contributed by atoms with E-state index in [-0.39, 0.29) is 0 Å². The summed E-state index contributed by atoms with van der Waals surface area (Å²) in [6, 6.07) is 3.95. The van der Waals surface area contributed by atoms with Gasteiger partial charge in [0.15, 0.2) is 0 Å². The molecule has 2 aromatic rings. The Morgan fingerprint density at radius 3 is 3.28 bits per heavy atom. The molecular weight excluding hydrogens is 244 g/mol. The summed E-state index contributed by atoms with van der Waals surface area (Å²) < 4.78 is 7.30. The standard InChI is InChI=1S/C14H18N2OS/c1-17-13-4-5-16-9-12(15-14(16)8-13)7-11-3-2-6-18-10-11/h4-5,8-9,11H,2-3,6-7,10H2,1H3. The first-order valence-electron chi connectivity index (χ1n) is 6.44. The van der Waals surface area contributed by atoms with E-state index in [0.717, 1.165) is 23.7 Å². The van der Waals surface area contributed by atoms with E-state index in [1.807, 2.05) is 18.3 Å². The van der Waals surface area contributed by atoms with Crippen molar-refractivity contribution in [1.29, 1.82) is 0 Å². The summed E-state index contributed by atoms with van der Waals surface area (Å²) in [5.41, 5.74) is 2.18. The van der Waals surface area contributed by atoms with E-state index in [1.165, 1.54) is 30.0 Å². The summed E-state index contributed by atoms with van der Waals surface area (Å²) in [5.74, 6) is 4.29. The van der Waals surface area contributed by atoms with Crippen LogP contribution in [0, 0.1) is 5.92 Å². The van der Waals surface area contributed by atoms with Crippen molar-refractivity contribution < 1.29 is 4.74 Å². The first-order chi connectivity index (χ1) is 8.85. The number of aromatic nitrogens is 2. The zero-order valence-electron chi connectivity index (χ0n) is 10.6. The highest BCUT2D eigenvalue weighted by atomic mass is 32.2. The summed E-state index contributed by atoms with van der Waals surface area (Å²) in [7, 11) is 1.69. The van der Waals surface area contributed by atoms with Gasteiger partial charge in [0.1, 0.15) is 11.4 Å². The van der Waals surface area contributed by atoms with Crippen molar-refractivity contribution in [2.24, 2.45) is 5.92 Å². The Hall–Kier alpha value is -1.16. The van der Waals surface area contributed by atoms with Crippen LogP contribution in [-0.4, -0.2) is 28.0 Å². The van der Waals surface area contributed by atoms with Crippen molar-refractivity contribution in [3.05, 3.63) is 30.2 Å². The molecule has 1 saturated heterocycles. The molecule has 18 heavy (non-hydrogen) atoms. The van der Waals surface area contributed by atoms with Gasteiger partial charge in [0.05, 0.1) is 12.8 Å². The molecule has 1 aliphatic rings. The first-order valence-corrected chi connectivity index (χ1v) is 7.60. The van der Waals surface area contributed by atoms with Gasteiger partial charge >= 0.3 is 0 Å². The van der Waals surface area contributed by atoms with Crippen molar-refractivity contribution >= 4 is 17.4 Å². The highest BCUT2D eigenvalue weighted by molar-refractivity contribution is 7.99. The molecule has 4 heteroatoms. The van der Waals surface area contributed by atoms with E-state index in [9.17, 15) is 0 Å². The molecule has 0 N–H and O–H groups in total. The van der Waals surface area contributed by atoms with E-state index in [1.54, 1.807) is 7.11 Å².